The predicted octanol–water partition coefficient (Wildman–Crippen LogP) is 4.90. The molecule has 0 aromatic heterocycles. The highest BCUT2D eigenvalue weighted by atomic mass is 79.9. The van der Waals surface area contributed by atoms with Gasteiger partial charge in [0.15, 0.2) is 0 Å². The van der Waals surface area contributed by atoms with Gasteiger partial charge in [0, 0.05) is 4.47 Å². The lowest BCUT2D eigenvalue weighted by atomic mass is 10.3. The minimum Gasteiger partial charge on any atom is -0.495 e. The van der Waals surface area contributed by atoms with Gasteiger partial charge < -0.3 is 9.47 Å². The number of hydrogen-bond donors (Lipinski definition) is 0. The van der Waals surface area contributed by atoms with Gasteiger partial charge in [0.25, 0.3) is 0 Å². The lowest BCUT2D eigenvalue weighted by Crippen LogP contribution is -1.88. The summed E-state index contributed by atoms with van der Waals surface area (Å²) in [6.07, 6.45) is 0. The Hall–Kier alpha value is -1.19. The summed E-state index contributed by atoms with van der Waals surface area (Å²) in [5.41, 5.74) is 0. The summed E-state index contributed by atoms with van der Waals surface area (Å²) in [7, 11) is 1.57. The molecule has 0 bridgehead atoms. The van der Waals surface area contributed by atoms with Gasteiger partial charge in [-0.3, -0.25) is 0 Å². The molecule has 0 amide bonds. The second kappa shape index (κ2) is 5.43. The smallest absolute Gasteiger partial charge is 0.149 e. The minimum absolute atomic E-state index is 0.470. The topological polar surface area (TPSA) is 18.5 Å². The van der Waals surface area contributed by atoms with Crippen LogP contribution in [0, 0.1) is 0 Å². The van der Waals surface area contributed by atoms with Gasteiger partial charge in [-0.15, -0.1) is 0 Å². The molecule has 0 heterocycles. The van der Waals surface area contributed by atoms with Gasteiger partial charge in [0.2, 0.25) is 0 Å². The number of methoxy groups -OCH3 is 1. The van der Waals surface area contributed by atoms with Crippen LogP contribution < -0.4 is 9.47 Å². The maximum atomic E-state index is 6.13. The predicted molar refractivity (Wildman–Crippen MR) is 72.2 cm³/mol. The van der Waals surface area contributed by atoms with Crippen LogP contribution in [0.4, 0.5) is 0 Å². The average molecular weight is 314 g/mol. The highest BCUT2D eigenvalue weighted by Gasteiger charge is 2.08. The maximum absolute atomic E-state index is 6.13. The van der Waals surface area contributed by atoms with Crippen molar-refractivity contribution < 1.29 is 9.47 Å². The molecule has 4 heteroatoms. The second-order valence-electron chi connectivity index (χ2n) is 3.33. The molecule has 2 nitrogen and oxygen atoms in total. The lowest BCUT2D eigenvalue weighted by Gasteiger charge is -2.10. The molecule has 0 saturated carbocycles. The van der Waals surface area contributed by atoms with E-state index in [0.29, 0.717) is 16.5 Å². The van der Waals surface area contributed by atoms with E-state index in [1.807, 2.05) is 30.3 Å². The Labute approximate surface area is 113 Å². The molecule has 0 aliphatic heterocycles. The summed E-state index contributed by atoms with van der Waals surface area (Å²) in [4.78, 5) is 0. The molecule has 0 unspecified atom stereocenters. The first kappa shape index (κ1) is 12.3. The van der Waals surface area contributed by atoms with Crippen molar-refractivity contribution in [2.75, 3.05) is 7.11 Å². The van der Waals surface area contributed by atoms with E-state index in [2.05, 4.69) is 15.9 Å². The van der Waals surface area contributed by atoms with Crippen LogP contribution in [0.1, 0.15) is 0 Å². The zero-order chi connectivity index (χ0) is 12.3. The third-order valence-electron chi connectivity index (χ3n) is 2.19. The molecule has 88 valence electrons. The van der Waals surface area contributed by atoms with Crippen molar-refractivity contribution in [3.05, 3.63) is 52.0 Å². The third kappa shape index (κ3) is 2.93. The van der Waals surface area contributed by atoms with Gasteiger partial charge in [-0.1, -0.05) is 33.6 Å². The first-order chi connectivity index (χ1) is 8.20. The first-order valence-electron chi connectivity index (χ1n) is 4.96. The van der Waals surface area contributed by atoms with Crippen LogP contribution in [0.15, 0.2) is 46.9 Å². The number of hydrogen-bond acceptors (Lipinski definition) is 2. The van der Waals surface area contributed by atoms with Crippen LogP contribution >= 0.6 is 27.5 Å². The van der Waals surface area contributed by atoms with E-state index in [9.17, 15) is 0 Å². The van der Waals surface area contributed by atoms with Crippen molar-refractivity contribution in [3.8, 4) is 17.2 Å². The van der Waals surface area contributed by atoms with Gasteiger partial charge in [-0.05, 0) is 36.4 Å². The van der Waals surface area contributed by atoms with Crippen molar-refractivity contribution in [1.29, 1.82) is 0 Å². The summed E-state index contributed by atoms with van der Waals surface area (Å²) in [6, 6.07) is 13.0. The summed E-state index contributed by atoms with van der Waals surface area (Å²) < 4.78 is 11.8. The zero-order valence-corrected chi connectivity index (χ0v) is 11.5. The Morgan fingerprint density at radius 1 is 1.00 bits per heavy atom. The first-order valence-corrected chi connectivity index (χ1v) is 6.13. The molecule has 0 aliphatic carbocycles. The molecule has 0 N–H and O–H groups in total. The average Bonchev–Trinajstić information content (AvgIpc) is 2.35. The molecule has 2 aromatic carbocycles. The van der Waals surface area contributed by atoms with Crippen molar-refractivity contribution in [2.45, 2.75) is 0 Å². The van der Waals surface area contributed by atoms with E-state index < -0.39 is 0 Å². The van der Waals surface area contributed by atoms with Gasteiger partial charge in [-0.2, -0.15) is 0 Å². The minimum atomic E-state index is 0.470. The molecule has 0 spiro atoms. The highest BCUT2D eigenvalue weighted by Crippen LogP contribution is 2.36. The summed E-state index contributed by atoms with van der Waals surface area (Å²) in [6.45, 7) is 0. The van der Waals surface area contributed by atoms with E-state index >= 15 is 0 Å². The second-order valence-corrected chi connectivity index (χ2v) is 4.62. The van der Waals surface area contributed by atoms with Crippen LogP contribution in [-0.2, 0) is 0 Å². The molecule has 0 radical (unpaired) electrons. The summed E-state index contributed by atoms with van der Waals surface area (Å²) in [5.74, 6) is 1.90. The Bertz CT molecular complexity index is 511. The Balaban J connectivity index is 2.27. The number of benzene rings is 2. The molecule has 2 rings (SSSR count). The fourth-order valence-electron chi connectivity index (χ4n) is 1.36. The quantitative estimate of drug-likeness (QED) is 0.802. The summed E-state index contributed by atoms with van der Waals surface area (Å²) in [5, 5.41) is 0.470. The SMILES string of the molecule is COc1cccc(Oc2ccc(Br)cc2)c1Cl. The maximum Gasteiger partial charge on any atom is 0.149 e. The van der Waals surface area contributed by atoms with E-state index in [1.165, 1.54) is 0 Å². The Kier molecular flexibility index (Phi) is 3.92. The van der Waals surface area contributed by atoms with Gasteiger partial charge >= 0.3 is 0 Å². The molecule has 2 aromatic rings. The van der Waals surface area contributed by atoms with Crippen LogP contribution in [0.25, 0.3) is 0 Å². The van der Waals surface area contributed by atoms with Gasteiger partial charge in [0.1, 0.15) is 22.3 Å². The van der Waals surface area contributed by atoms with E-state index in [-0.39, 0.29) is 0 Å². The molecular formula is C13H10BrClO2. The summed E-state index contributed by atoms with van der Waals surface area (Å²) >= 11 is 9.50. The lowest BCUT2D eigenvalue weighted by molar-refractivity contribution is 0.409. The largest absolute Gasteiger partial charge is 0.495 e. The van der Waals surface area contributed by atoms with Crippen LogP contribution in [0.2, 0.25) is 5.02 Å². The number of ether oxygens (including phenoxy) is 2. The fourth-order valence-corrected chi connectivity index (χ4v) is 1.86. The monoisotopic (exact) mass is 312 g/mol. The molecule has 0 atom stereocenters. The third-order valence-corrected chi connectivity index (χ3v) is 3.09. The Morgan fingerprint density at radius 2 is 1.65 bits per heavy atom. The van der Waals surface area contributed by atoms with Crippen LogP contribution in [0.5, 0.6) is 17.2 Å². The number of halogens is 2. The van der Waals surface area contributed by atoms with E-state index in [4.69, 9.17) is 21.1 Å². The van der Waals surface area contributed by atoms with Crippen molar-refractivity contribution >= 4 is 27.5 Å². The fraction of sp³-hybridized carbons (Fsp3) is 0.0769. The van der Waals surface area contributed by atoms with E-state index in [1.54, 1.807) is 19.2 Å². The van der Waals surface area contributed by atoms with Gasteiger partial charge in [-0.25, -0.2) is 0 Å². The standard InChI is InChI=1S/C13H10BrClO2/c1-16-11-3-2-4-12(13(11)15)17-10-7-5-9(14)6-8-10/h2-8H,1H3. The number of rotatable bonds is 3. The van der Waals surface area contributed by atoms with Crippen LogP contribution in [0.3, 0.4) is 0 Å². The van der Waals surface area contributed by atoms with E-state index in [0.717, 1.165) is 10.2 Å². The normalized spacial score (nSPS) is 10.1. The molecule has 0 aliphatic rings. The van der Waals surface area contributed by atoms with Crippen molar-refractivity contribution in [1.82, 2.24) is 0 Å². The Morgan fingerprint density at radius 3 is 2.29 bits per heavy atom. The van der Waals surface area contributed by atoms with Crippen molar-refractivity contribution in [2.24, 2.45) is 0 Å². The van der Waals surface area contributed by atoms with Crippen LogP contribution in [-0.4, -0.2) is 7.11 Å². The van der Waals surface area contributed by atoms with Crippen molar-refractivity contribution in [3.63, 3.8) is 0 Å². The molecule has 17 heavy (non-hydrogen) atoms. The zero-order valence-electron chi connectivity index (χ0n) is 9.11. The molecule has 0 saturated heterocycles. The molecular weight excluding hydrogens is 303 g/mol. The van der Waals surface area contributed by atoms with Gasteiger partial charge in [0.05, 0.1) is 7.11 Å². The highest BCUT2D eigenvalue weighted by molar-refractivity contribution is 9.10. The molecule has 0 fully saturated rings.